The lowest BCUT2D eigenvalue weighted by atomic mass is 10.00. The molecule has 1 saturated heterocycles. The summed E-state index contributed by atoms with van der Waals surface area (Å²) in [5, 5.41) is 0. The summed E-state index contributed by atoms with van der Waals surface area (Å²) in [6, 6.07) is 0.772. The first-order chi connectivity index (χ1) is 8.99. The van der Waals surface area contributed by atoms with Gasteiger partial charge in [0.05, 0.1) is 4.99 Å². The molecule has 1 heterocycles. The maximum atomic E-state index is 5.63. The Bertz CT molecular complexity index is 268. The molecular weight excluding hydrogens is 254 g/mol. The second-order valence-electron chi connectivity index (χ2n) is 6.33. The van der Waals surface area contributed by atoms with E-state index < -0.39 is 0 Å². The molecule has 0 spiro atoms. The summed E-state index contributed by atoms with van der Waals surface area (Å²) in [4.78, 5) is 5.71. The van der Waals surface area contributed by atoms with Crippen LogP contribution in [0.15, 0.2) is 0 Å². The van der Waals surface area contributed by atoms with Gasteiger partial charge in [0.1, 0.15) is 0 Å². The number of thiocarbonyl (C=S) groups is 1. The van der Waals surface area contributed by atoms with Crippen LogP contribution < -0.4 is 5.73 Å². The average molecular weight is 286 g/mol. The molecule has 1 atom stereocenters. The number of piperidine rings is 1. The second-order valence-corrected chi connectivity index (χ2v) is 6.85. The van der Waals surface area contributed by atoms with Crippen molar-refractivity contribution in [3.63, 3.8) is 0 Å². The van der Waals surface area contributed by atoms with E-state index in [1.165, 1.54) is 38.8 Å². The third-order valence-corrected chi connectivity index (χ3v) is 4.20. The number of rotatable bonds is 8. The number of hydrogen-bond acceptors (Lipinski definition) is 3. The largest absolute Gasteiger partial charge is 0.393 e. The smallest absolute Gasteiger partial charge is 0.0740 e. The summed E-state index contributed by atoms with van der Waals surface area (Å²) in [6.45, 7) is 9.17. The first-order valence-electron chi connectivity index (χ1n) is 7.70. The summed E-state index contributed by atoms with van der Waals surface area (Å²) in [5.41, 5.74) is 5.63. The van der Waals surface area contributed by atoms with E-state index in [-0.39, 0.29) is 0 Å². The van der Waals surface area contributed by atoms with Crippen LogP contribution in [0.4, 0.5) is 0 Å². The number of nitrogens with two attached hydrogens (primary N) is 1. The van der Waals surface area contributed by atoms with Gasteiger partial charge in [-0.15, -0.1) is 0 Å². The molecule has 0 aromatic rings. The fourth-order valence-corrected chi connectivity index (χ4v) is 3.01. The molecule has 1 aliphatic rings. The lowest BCUT2D eigenvalue weighted by Crippen LogP contribution is -2.40. The average Bonchev–Trinajstić information content (AvgIpc) is 2.33. The highest BCUT2D eigenvalue weighted by molar-refractivity contribution is 7.80. The predicted octanol–water partition coefficient (Wildman–Crippen LogP) is 2.50. The minimum absolute atomic E-state index is 0.642. The first kappa shape index (κ1) is 16.9. The summed E-state index contributed by atoms with van der Waals surface area (Å²) in [6.07, 6.45) is 6.25. The molecule has 1 rings (SSSR count). The van der Waals surface area contributed by atoms with E-state index in [2.05, 4.69) is 30.7 Å². The standard InChI is InChI=1S/C15H31N3S/c1-13(2)12-18(11-8-15(16)19)10-7-14-6-4-5-9-17(14)3/h13-14H,4-12H2,1-3H3,(H2,16,19). The Kier molecular flexibility index (Phi) is 7.88. The SMILES string of the molecule is CC(C)CN(CCC(N)=S)CCC1CCCCN1C. The Balaban J connectivity index is 2.35. The summed E-state index contributed by atoms with van der Waals surface area (Å²) in [7, 11) is 2.27. The number of likely N-dealkylation sites (tertiary alicyclic amines) is 1. The second kappa shape index (κ2) is 8.88. The van der Waals surface area contributed by atoms with Crippen molar-refractivity contribution in [2.75, 3.05) is 33.2 Å². The highest BCUT2D eigenvalue weighted by Gasteiger charge is 2.19. The van der Waals surface area contributed by atoms with Crippen molar-refractivity contribution in [2.24, 2.45) is 11.7 Å². The van der Waals surface area contributed by atoms with E-state index in [4.69, 9.17) is 18.0 Å². The van der Waals surface area contributed by atoms with Crippen LogP contribution in [0.25, 0.3) is 0 Å². The van der Waals surface area contributed by atoms with E-state index in [0.717, 1.165) is 25.6 Å². The minimum Gasteiger partial charge on any atom is -0.393 e. The number of hydrogen-bond donors (Lipinski definition) is 1. The molecule has 0 aliphatic carbocycles. The molecule has 19 heavy (non-hydrogen) atoms. The van der Waals surface area contributed by atoms with Crippen LogP contribution in [0, 0.1) is 5.92 Å². The van der Waals surface area contributed by atoms with Crippen molar-refractivity contribution >= 4 is 17.2 Å². The molecule has 3 nitrogen and oxygen atoms in total. The molecule has 0 aromatic heterocycles. The maximum absolute atomic E-state index is 5.63. The highest BCUT2D eigenvalue weighted by Crippen LogP contribution is 2.18. The predicted molar refractivity (Wildman–Crippen MR) is 87.6 cm³/mol. The Morgan fingerprint density at radius 2 is 2.11 bits per heavy atom. The van der Waals surface area contributed by atoms with Gasteiger partial charge in [-0.1, -0.05) is 32.5 Å². The molecule has 0 aromatic carbocycles. The van der Waals surface area contributed by atoms with Gasteiger partial charge < -0.3 is 15.5 Å². The topological polar surface area (TPSA) is 32.5 Å². The van der Waals surface area contributed by atoms with Crippen LogP contribution in [-0.4, -0.2) is 54.1 Å². The lowest BCUT2D eigenvalue weighted by Gasteiger charge is -2.34. The van der Waals surface area contributed by atoms with E-state index in [9.17, 15) is 0 Å². The molecule has 0 bridgehead atoms. The van der Waals surface area contributed by atoms with Gasteiger partial charge in [0.15, 0.2) is 0 Å². The van der Waals surface area contributed by atoms with E-state index in [0.29, 0.717) is 10.9 Å². The summed E-state index contributed by atoms with van der Waals surface area (Å²) < 4.78 is 0. The molecule has 0 saturated carbocycles. The van der Waals surface area contributed by atoms with Crippen molar-refractivity contribution in [3.05, 3.63) is 0 Å². The fraction of sp³-hybridized carbons (Fsp3) is 0.933. The molecule has 0 amide bonds. The lowest BCUT2D eigenvalue weighted by molar-refractivity contribution is 0.150. The van der Waals surface area contributed by atoms with Crippen LogP contribution in [0.5, 0.6) is 0 Å². The molecule has 2 N–H and O–H groups in total. The van der Waals surface area contributed by atoms with Crippen molar-refractivity contribution in [2.45, 2.75) is 52.0 Å². The molecule has 4 heteroatoms. The fourth-order valence-electron chi connectivity index (χ4n) is 2.92. The summed E-state index contributed by atoms with van der Waals surface area (Å²) in [5.74, 6) is 0.704. The Morgan fingerprint density at radius 1 is 1.37 bits per heavy atom. The minimum atomic E-state index is 0.642. The van der Waals surface area contributed by atoms with Gasteiger partial charge in [-0.2, -0.15) is 0 Å². The van der Waals surface area contributed by atoms with Crippen LogP contribution in [-0.2, 0) is 0 Å². The third-order valence-electron chi connectivity index (χ3n) is 4.00. The first-order valence-corrected chi connectivity index (χ1v) is 8.10. The zero-order valence-electron chi connectivity index (χ0n) is 12.9. The van der Waals surface area contributed by atoms with Gasteiger partial charge in [-0.3, -0.25) is 0 Å². The summed E-state index contributed by atoms with van der Waals surface area (Å²) >= 11 is 5.00. The van der Waals surface area contributed by atoms with Crippen LogP contribution in [0.2, 0.25) is 0 Å². The number of nitrogens with zero attached hydrogens (tertiary/aromatic N) is 2. The normalized spacial score (nSPS) is 21.2. The van der Waals surface area contributed by atoms with Gasteiger partial charge in [0.25, 0.3) is 0 Å². The zero-order chi connectivity index (χ0) is 14.3. The van der Waals surface area contributed by atoms with Gasteiger partial charge >= 0.3 is 0 Å². The molecule has 1 fully saturated rings. The Labute approximate surface area is 124 Å². The van der Waals surface area contributed by atoms with Gasteiger partial charge in [-0.25, -0.2) is 0 Å². The van der Waals surface area contributed by atoms with Crippen LogP contribution >= 0.6 is 12.2 Å². The molecular formula is C15H31N3S. The maximum Gasteiger partial charge on any atom is 0.0740 e. The van der Waals surface area contributed by atoms with E-state index in [1.807, 2.05) is 0 Å². The Hall–Kier alpha value is -0.190. The molecule has 112 valence electrons. The van der Waals surface area contributed by atoms with Gasteiger partial charge in [0, 0.05) is 25.6 Å². The third kappa shape index (κ3) is 7.23. The monoisotopic (exact) mass is 285 g/mol. The van der Waals surface area contributed by atoms with Crippen LogP contribution in [0.1, 0.15) is 46.0 Å². The van der Waals surface area contributed by atoms with Crippen molar-refractivity contribution < 1.29 is 0 Å². The molecule has 1 aliphatic heterocycles. The molecule has 0 radical (unpaired) electrons. The quantitative estimate of drug-likeness (QED) is 0.695. The van der Waals surface area contributed by atoms with Crippen LogP contribution in [0.3, 0.4) is 0 Å². The van der Waals surface area contributed by atoms with E-state index >= 15 is 0 Å². The van der Waals surface area contributed by atoms with Crippen molar-refractivity contribution in [1.82, 2.24) is 9.80 Å². The molecule has 1 unspecified atom stereocenters. The van der Waals surface area contributed by atoms with Gasteiger partial charge in [0.2, 0.25) is 0 Å². The van der Waals surface area contributed by atoms with Gasteiger partial charge in [-0.05, 0) is 45.3 Å². The zero-order valence-corrected chi connectivity index (χ0v) is 13.7. The van der Waals surface area contributed by atoms with Crippen molar-refractivity contribution in [3.8, 4) is 0 Å². The van der Waals surface area contributed by atoms with Crippen molar-refractivity contribution in [1.29, 1.82) is 0 Å². The Morgan fingerprint density at radius 3 is 2.68 bits per heavy atom. The van der Waals surface area contributed by atoms with E-state index in [1.54, 1.807) is 0 Å². The highest BCUT2D eigenvalue weighted by atomic mass is 32.1.